The lowest BCUT2D eigenvalue weighted by Gasteiger charge is -2.10. The van der Waals surface area contributed by atoms with Gasteiger partial charge in [0.2, 0.25) is 0 Å². The Hall–Kier alpha value is -3.15. The largest absolute Gasteiger partial charge is 0.491 e. The molecule has 0 aliphatic heterocycles. The monoisotopic (exact) mass is 409 g/mol. The van der Waals surface area contributed by atoms with Crippen molar-refractivity contribution >= 4 is 16.9 Å². The van der Waals surface area contributed by atoms with E-state index in [1.807, 2.05) is 44.2 Å². The van der Waals surface area contributed by atoms with E-state index in [2.05, 4.69) is 4.98 Å². The zero-order valence-electron chi connectivity index (χ0n) is 17.4. The van der Waals surface area contributed by atoms with Gasteiger partial charge in [0.15, 0.2) is 5.58 Å². The van der Waals surface area contributed by atoms with Gasteiger partial charge in [-0.05, 0) is 37.3 Å². The Morgan fingerprint density at radius 2 is 1.77 bits per heavy atom. The van der Waals surface area contributed by atoms with Crippen molar-refractivity contribution in [1.29, 1.82) is 0 Å². The molecule has 3 aromatic rings. The Morgan fingerprint density at radius 3 is 2.50 bits per heavy atom. The van der Waals surface area contributed by atoms with Crippen molar-refractivity contribution in [3.63, 3.8) is 0 Å². The summed E-state index contributed by atoms with van der Waals surface area (Å²) in [5.41, 5.74) is 1.30. The minimum absolute atomic E-state index is 0.0838. The SMILES string of the molecule is CC(C)C(=O)OCCCCCCOc1cncc2oc(=O)c(-c3ccccc3)cc12. The van der Waals surface area contributed by atoms with Gasteiger partial charge in [-0.2, -0.15) is 0 Å². The Labute approximate surface area is 175 Å². The zero-order valence-corrected chi connectivity index (χ0v) is 17.4. The molecule has 2 heterocycles. The molecule has 0 saturated carbocycles. The Bertz CT molecular complexity index is 1030. The average molecular weight is 409 g/mol. The Balaban J connectivity index is 1.55. The number of aromatic nitrogens is 1. The molecule has 0 saturated heterocycles. The summed E-state index contributed by atoms with van der Waals surface area (Å²) < 4.78 is 16.5. The molecule has 3 rings (SSSR count). The summed E-state index contributed by atoms with van der Waals surface area (Å²) in [6, 6.07) is 11.2. The third-order valence-corrected chi connectivity index (χ3v) is 4.72. The maximum absolute atomic E-state index is 12.3. The topological polar surface area (TPSA) is 78.6 Å². The van der Waals surface area contributed by atoms with Crippen molar-refractivity contribution in [2.45, 2.75) is 39.5 Å². The van der Waals surface area contributed by atoms with E-state index in [1.165, 1.54) is 6.20 Å². The van der Waals surface area contributed by atoms with Crippen LogP contribution in [0, 0.1) is 5.92 Å². The fraction of sp³-hybridized carbons (Fsp3) is 0.375. The number of rotatable bonds is 10. The molecule has 0 spiro atoms. The van der Waals surface area contributed by atoms with E-state index < -0.39 is 5.63 Å². The number of esters is 1. The van der Waals surface area contributed by atoms with Gasteiger partial charge in [0, 0.05) is 0 Å². The lowest BCUT2D eigenvalue weighted by Crippen LogP contribution is -2.12. The molecular weight excluding hydrogens is 382 g/mol. The second-order valence-electron chi connectivity index (χ2n) is 7.45. The van der Waals surface area contributed by atoms with Crippen LogP contribution in [-0.4, -0.2) is 24.2 Å². The number of fused-ring (bicyclic) bond motifs is 1. The van der Waals surface area contributed by atoms with Crippen molar-refractivity contribution in [1.82, 2.24) is 4.98 Å². The number of carbonyl (C=O) groups is 1. The van der Waals surface area contributed by atoms with Gasteiger partial charge in [0.1, 0.15) is 5.75 Å². The molecule has 0 atom stereocenters. The summed E-state index contributed by atoms with van der Waals surface area (Å²) in [5, 5.41) is 0.726. The van der Waals surface area contributed by atoms with E-state index in [9.17, 15) is 9.59 Å². The van der Waals surface area contributed by atoms with Crippen LogP contribution in [0.2, 0.25) is 0 Å². The highest BCUT2D eigenvalue weighted by Gasteiger charge is 2.12. The summed E-state index contributed by atoms with van der Waals surface area (Å²) in [5.74, 6) is 0.363. The molecule has 158 valence electrons. The van der Waals surface area contributed by atoms with Gasteiger partial charge >= 0.3 is 11.6 Å². The van der Waals surface area contributed by atoms with Crippen LogP contribution in [0.5, 0.6) is 5.75 Å². The van der Waals surface area contributed by atoms with Crippen LogP contribution in [0.4, 0.5) is 0 Å². The molecule has 0 bridgehead atoms. The van der Waals surface area contributed by atoms with Gasteiger partial charge in [0.25, 0.3) is 0 Å². The lowest BCUT2D eigenvalue weighted by atomic mass is 10.1. The number of nitrogens with zero attached hydrogens (tertiary/aromatic N) is 1. The average Bonchev–Trinajstić information content (AvgIpc) is 2.75. The minimum Gasteiger partial charge on any atom is -0.491 e. The van der Waals surface area contributed by atoms with E-state index >= 15 is 0 Å². The molecule has 2 aromatic heterocycles. The van der Waals surface area contributed by atoms with E-state index in [1.54, 1.807) is 12.3 Å². The summed E-state index contributed by atoms with van der Waals surface area (Å²) in [4.78, 5) is 27.9. The van der Waals surface area contributed by atoms with Gasteiger partial charge in [-0.3, -0.25) is 9.78 Å². The second kappa shape index (κ2) is 10.6. The molecular formula is C24H27NO5. The van der Waals surface area contributed by atoms with Crippen LogP contribution in [0.15, 0.2) is 58.0 Å². The normalized spacial score (nSPS) is 11.0. The summed E-state index contributed by atoms with van der Waals surface area (Å²) in [6.45, 7) is 4.66. The summed E-state index contributed by atoms with van der Waals surface area (Å²) in [7, 11) is 0. The van der Waals surface area contributed by atoms with Crippen LogP contribution >= 0.6 is 0 Å². The van der Waals surface area contributed by atoms with Crippen LogP contribution < -0.4 is 10.4 Å². The van der Waals surface area contributed by atoms with Gasteiger partial charge < -0.3 is 13.9 Å². The molecule has 0 N–H and O–H groups in total. The number of benzene rings is 1. The molecule has 0 fully saturated rings. The maximum Gasteiger partial charge on any atom is 0.344 e. The number of carbonyl (C=O) groups excluding carboxylic acids is 1. The van der Waals surface area contributed by atoms with Crippen LogP contribution in [0.25, 0.3) is 22.1 Å². The third kappa shape index (κ3) is 5.69. The third-order valence-electron chi connectivity index (χ3n) is 4.72. The minimum atomic E-state index is -0.397. The highest BCUT2D eigenvalue weighted by molar-refractivity contribution is 5.86. The molecule has 0 aliphatic rings. The van der Waals surface area contributed by atoms with Crippen molar-refractivity contribution in [3.05, 3.63) is 59.2 Å². The first-order chi connectivity index (χ1) is 14.6. The second-order valence-corrected chi connectivity index (χ2v) is 7.45. The number of pyridine rings is 1. The van der Waals surface area contributed by atoms with Gasteiger partial charge in [-0.1, -0.05) is 44.2 Å². The number of unbranched alkanes of at least 4 members (excludes halogenated alkanes) is 3. The van der Waals surface area contributed by atoms with E-state index in [-0.39, 0.29) is 11.9 Å². The first kappa shape index (κ1) is 21.6. The maximum atomic E-state index is 12.3. The highest BCUT2D eigenvalue weighted by Crippen LogP contribution is 2.27. The molecule has 6 nitrogen and oxygen atoms in total. The summed E-state index contributed by atoms with van der Waals surface area (Å²) >= 11 is 0. The van der Waals surface area contributed by atoms with Crippen molar-refractivity contribution in [2.24, 2.45) is 5.92 Å². The number of hydrogen-bond acceptors (Lipinski definition) is 6. The predicted octanol–water partition coefficient (Wildman–Crippen LogP) is 4.99. The fourth-order valence-electron chi connectivity index (χ4n) is 3.03. The van der Waals surface area contributed by atoms with Crippen molar-refractivity contribution in [3.8, 4) is 16.9 Å². The van der Waals surface area contributed by atoms with Gasteiger partial charge in [0.05, 0.1) is 42.5 Å². The molecule has 6 heteroatoms. The molecule has 30 heavy (non-hydrogen) atoms. The molecule has 1 aromatic carbocycles. The molecule has 0 radical (unpaired) electrons. The van der Waals surface area contributed by atoms with Gasteiger partial charge in [-0.15, -0.1) is 0 Å². The smallest absolute Gasteiger partial charge is 0.344 e. The molecule has 0 aliphatic carbocycles. The lowest BCUT2D eigenvalue weighted by molar-refractivity contribution is -0.147. The standard InChI is InChI=1S/C24H27NO5/c1-17(2)23(26)29-13-9-4-3-8-12-28-21-15-25-16-22-20(21)14-19(24(27)30-22)18-10-6-5-7-11-18/h5-7,10-11,14-17H,3-4,8-9,12-13H2,1-2H3. The number of ether oxygens (including phenoxy) is 2. The first-order valence-electron chi connectivity index (χ1n) is 10.3. The van der Waals surface area contributed by atoms with E-state index in [0.717, 1.165) is 36.6 Å². The highest BCUT2D eigenvalue weighted by atomic mass is 16.5. The zero-order chi connectivity index (χ0) is 21.3. The van der Waals surface area contributed by atoms with Gasteiger partial charge in [-0.25, -0.2) is 4.79 Å². The van der Waals surface area contributed by atoms with E-state index in [0.29, 0.717) is 30.1 Å². The Morgan fingerprint density at radius 1 is 1.03 bits per heavy atom. The fourth-order valence-corrected chi connectivity index (χ4v) is 3.03. The van der Waals surface area contributed by atoms with Crippen molar-refractivity contribution in [2.75, 3.05) is 13.2 Å². The van der Waals surface area contributed by atoms with E-state index in [4.69, 9.17) is 13.9 Å². The summed E-state index contributed by atoms with van der Waals surface area (Å²) in [6.07, 6.45) is 6.83. The van der Waals surface area contributed by atoms with Crippen LogP contribution in [0.3, 0.4) is 0 Å². The molecule has 0 unspecified atom stereocenters. The Kier molecular flexibility index (Phi) is 7.60. The number of hydrogen-bond donors (Lipinski definition) is 0. The predicted molar refractivity (Wildman–Crippen MR) is 115 cm³/mol. The van der Waals surface area contributed by atoms with Crippen molar-refractivity contribution < 1.29 is 18.7 Å². The molecule has 0 amide bonds. The quantitative estimate of drug-likeness (QED) is 0.347. The van der Waals surface area contributed by atoms with Crippen LogP contribution in [0.1, 0.15) is 39.5 Å². The van der Waals surface area contributed by atoms with Crippen LogP contribution in [-0.2, 0) is 9.53 Å². The first-order valence-corrected chi connectivity index (χ1v) is 10.3.